The van der Waals surface area contributed by atoms with Crippen molar-refractivity contribution in [2.75, 3.05) is 12.3 Å². The van der Waals surface area contributed by atoms with Crippen LogP contribution in [0.15, 0.2) is 17.4 Å². The first-order valence-electron chi connectivity index (χ1n) is 5.88. The molecule has 0 aromatic carbocycles. The van der Waals surface area contributed by atoms with Crippen LogP contribution in [-0.4, -0.2) is 40.1 Å². The molecule has 3 N–H and O–H groups in total. The second-order valence-electron chi connectivity index (χ2n) is 4.45. The van der Waals surface area contributed by atoms with Gasteiger partial charge < -0.3 is 20.3 Å². The minimum Gasteiger partial charge on any atom is -0.458 e. The van der Waals surface area contributed by atoms with Crippen molar-refractivity contribution < 1.29 is 23.9 Å². The molecule has 1 aromatic rings. The van der Waals surface area contributed by atoms with Gasteiger partial charge in [-0.3, -0.25) is 4.79 Å². The number of hydrogen-bond donors (Lipinski definition) is 2. The molecule has 0 aliphatic carbocycles. The maximum absolute atomic E-state index is 11.2. The molecule has 4 unspecified atom stereocenters. The van der Waals surface area contributed by atoms with Crippen LogP contribution in [0.1, 0.15) is 13.2 Å². The highest BCUT2D eigenvalue weighted by atomic mass is 32.2. The number of esters is 1. The Morgan fingerprint density at radius 1 is 1.74 bits per heavy atom. The standard InChI is InChI=1S/C11H13N3O4S/c1-5(16)17-8-6(4-15)18-10-9(8)19-11-13-7(12)2-3-14(10)11/h2-3,6,8-10,12,15H,4H2,1H3/p+1. The summed E-state index contributed by atoms with van der Waals surface area (Å²) in [7, 11) is 0. The fourth-order valence-electron chi connectivity index (χ4n) is 2.37. The van der Waals surface area contributed by atoms with Gasteiger partial charge in [0.15, 0.2) is 0 Å². The third-order valence-corrected chi connectivity index (χ3v) is 4.42. The number of nitrogens with zero attached hydrogens (tertiary/aromatic N) is 2. The van der Waals surface area contributed by atoms with E-state index in [2.05, 4.69) is 4.98 Å². The summed E-state index contributed by atoms with van der Waals surface area (Å²) in [5, 5.41) is 9.94. The molecule has 0 radical (unpaired) electrons. The molecule has 0 amide bonds. The van der Waals surface area contributed by atoms with Crippen LogP contribution in [0.2, 0.25) is 0 Å². The van der Waals surface area contributed by atoms with Gasteiger partial charge in [-0.2, -0.15) is 4.57 Å². The molecule has 2 aliphatic heterocycles. The minimum absolute atomic E-state index is 0.115. The average Bonchev–Trinajstić information content (AvgIpc) is 2.85. The lowest BCUT2D eigenvalue weighted by Gasteiger charge is -2.18. The van der Waals surface area contributed by atoms with E-state index >= 15 is 0 Å². The van der Waals surface area contributed by atoms with Crippen molar-refractivity contribution in [2.24, 2.45) is 0 Å². The Balaban J connectivity index is 1.90. The quantitative estimate of drug-likeness (QED) is 0.419. The lowest BCUT2D eigenvalue weighted by molar-refractivity contribution is -0.787. The summed E-state index contributed by atoms with van der Waals surface area (Å²) in [6.07, 6.45) is 0.500. The molecule has 19 heavy (non-hydrogen) atoms. The molecule has 1 saturated heterocycles. The fourth-order valence-corrected chi connectivity index (χ4v) is 3.73. The minimum atomic E-state index is -0.510. The molecule has 0 bridgehead atoms. The Labute approximate surface area is 113 Å². The Morgan fingerprint density at radius 2 is 2.53 bits per heavy atom. The Hall–Kier alpha value is -1.38. The van der Waals surface area contributed by atoms with Gasteiger partial charge >= 0.3 is 11.1 Å². The molecule has 3 heterocycles. The van der Waals surface area contributed by atoms with Crippen molar-refractivity contribution >= 4 is 23.5 Å². The number of anilines is 1. The smallest absolute Gasteiger partial charge is 0.364 e. The van der Waals surface area contributed by atoms with Crippen LogP contribution in [0.3, 0.4) is 0 Å². The van der Waals surface area contributed by atoms with Gasteiger partial charge in [0.1, 0.15) is 23.7 Å². The van der Waals surface area contributed by atoms with E-state index in [0.29, 0.717) is 5.82 Å². The molecule has 0 saturated carbocycles. The maximum Gasteiger partial charge on any atom is 0.364 e. The van der Waals surface area contributed by atoms with Gasteiger partial charge in [0, 0.05) is 13.0 Å². The second-order valence-corrected chi connectivity index (χ2v) is 5.59. The summed E-state index contributed by atoms with van der Waals surface area (Å²) in [4.78, 5) is 15.4. The van der Waals surface area contributed by atoms with E-state index in [4.69, 9.17) is 15.2 Å². The van der Waals surface area contributed by atoms with Crippen molar-refractivity contribution in [3.05, 3.63) is 12.3 Å². The van der Waals surface area contributed by atoms with Gasteiger partial charge in [-0.25, -0.2) is 0 Å². The monoisotopic (exact) mass is 284 g/mol. The van der Waals surface area contributed by atoms with Crippen LogP contribution in [0.5, 0.6) is 0 Å². The number of aliphatic hydroxyl groups excluding tert-OH is 1. The number of ether oxygens (including phenoxy) is 2. The van der Waals surface area contributed by atoms with Crippen LogP contribution in [-0.2, 0) is 14.3 Å². The maximum atomic E-state index is 11.2. The highest BCUT2D eigenvalue weighted by Gasteiger charge is 2.56. The van der Waals surface area contributed by atoms with Gasteiger partial charge in [-0.05, 0) is 16.7 Å². The third-order valence-electron chi connectivity index (χ3n) is 3.13. The summed E-state index contributed by atoms with van der Waals surface area (Å²) in [6.45, 7) is 1.15. The molecule has 8 heteroatoms. The molecule has 2 aliphatic rings. The Morgan fingerprint density at radius 3 is 3.21 bits per heavy atom. The molecular formula is C11H14N3O4S+. The number of nitrogen functional groups attached to an aromatic ring is 1. The van der Waals surface area contributed by atoms with Crippen molar-refractivity contribution in [1.29, 1.82) is 0 Å². The van der Waals surface area contributed by atoms with Crippen molar-refractivity contribution in [3.63, 3.8) is 0 Å². The van der Waals surface area contributed by atoms with Crippen LogP contribution < -0.4 is 10.3 Å². The SMILES string of the molecule is CC(=O)OC1C(CO)OC2C1Sc1nc(N)cc[n+]12. The van der Waals surface area contributed by atoms with Crippen LogP contribution >= 0.6 is 11.8 Å². The Kier molecular flexibility index (Phi) is 3.08. The lowest BCUT2D eigenvalue weighted by Crippen LogP contribution is -2.41. The zero-order valence-corrected chi connectivity index (χ0v) is 11.0. The number of aliphatic hydroxyl groups is 1. The molecule has 3 rings (SSSR count). The van der Waals surface area contributed by atoms with E-state index < -0.39 is 12.2 Å². The van der Waals surface area contributed by atoms with Crippen molar-refractivity contribution in [2.45, 2.75) is 35.8 Å². The van der Waals surface area contributed by atoms with Gasteiger partial charge in [-0.15, -0.1) is 0 Å². The van der Waals surface area contributed by atoms with Crippen LogP contribution in [0.25, 0.3) is 0 Å². The van der Waals surface area contributed by atoms with E-state index in [0.717, 1.165) is 5.16 Å². The summed E-state index contributed by atoms with van der Waals surface area (Å²) >= 11 is 1.45. The molecule has 1 fully saturated rings. The molecule has 102 valence electrons. The number of carbonyl (C=O) groups is 1. The zero-order valence-electron chi connectivity index (χ0n) is 10.2. The molecule has 7 nitrogen and oxygen atoms in total. The number of fused-ring (bicyclic) bond motifs is 3. The summed E-state index contributed by atoms with van der Waals surface area (Å²) in [5.41, 5.74) is 5.65. The largest absolute Gasteiger partial charge is 0.458 e. The highest BCUT2D eigenvalue weighted by molar-refractivity contribution is 7.99. The summed E-state index contributed by atoms with van der Waals surface area (Å²) in [5.74, 6) is 0.0446. The predicted octanol–water partition coefficient (Wildman–Crippen LogP) is -0.753. The Bertz CT molecular complexity index is 527. The molecule has 1 aromatic heterocycles. The van der Waals surface area contributed by atoms with Gasteiger partial charge in [-0.1, -0.05) is 0 Å². The molecular weight excluding hydrogens is 270 g/mol. The number of thioether (sulfide) groups is 1. The van der Waals surface area contributed by atoms with E-state index in [1.54, 1.807) is 12.3 Å². The first-order valence-corrected chi connectivity index (χ1v) is 6.76. The topological polar surface area (TPSA) is 98.5 Å². The normalized spacial score (nSPS) is 31.9. The number of aromatic nitrogens is 2. The number of carbonyl (C=O) groups excluding carboxylic acids is 1. The second kappa shape index (κ2) is 4.62. The van der Waals surface area contributed by atoms with Gasteiger partial charge in [0.05, 0.1) is 6.61 Å². The summed E-state index contributed by atoms with van der Waals surface area (Å²) in [6, 6.07) is 1.68. The number of hydrogen-bond acceptors (Lipinski definition) is 7. The van der Waals surface area contributed by atoms with Crippen molar-refractivity contribution in [1.82, 2.24) is 4.98 Å². The van der Waals surface area contributed by atoms with Crippen LogP contribution in [0, 0.1) is 0 Å². The predicted molar refractivity (Wildman–Crippen MR) is 65.0 cm³/mol. The first-order chi connectivity index (χ1) is 9.10. The molecule has 4 atom stereocenters. The van der Waals surface area contributed by atoms with Gasteiger partial charge in [0.25, 0.3) is 0 Å². The lowest BCUT2D eigenvalue weighted by atomic mass is 10.2. The van der Waals surface area contributed by atoms with E-state index in [1.165, 1.54) is 18.7 Å². The van der Waals surface area contributed by atoms with Crippen LogP contribution in [0.4, 0.5) is 5.82 Å². The summed E-state index contributed by atoms with van der Waals surface area (Å²) < 4.78 is 12.9. The number of rotatable bonds is 2. The van der Waals surface area contributed by atoms with E-state index in [-0.39, 0.29) is 24.1 Å². The molecule has 0 spiro atoms. The highest BCUT2D eigenvalue weighted by Crippen LogP contribution is 2.43. The zero-order chi connectivity index (χ0) is 13.6. The number of nitrogens with two attached hydrogens (primary N) is 1. The van der Waals surface area contributed by atoms with E-state index in [9.17, 15) is 9.90 Å². The van der Waals surface area contributed by atoms with Crippen molar-refractivity contribution in [3.8, 4) is 0 Å². The first kappa shape index (κ1) is 12.6. The average molecular weight is 284 g/mol. The fraction of sp³-hybridized carbons (Fsp3) is 0.545. The van der Waals surface area contributed by atoms with Gasteiger partial charge in [0.2, 0.25) is 12.0 Å². The van der Waals surface area contributed by atoms with E-state index in [1.807, 2.05) is 4.57 Å². The third kappa shape index (κ3) is 2.05.